The molecule has 1 aromatic heterocycles. The van der Waals surface area contributed by atoms with Crippen molar-refractivity contribution in [3.63, 3.8) is 0 Å². The lowest BCUT2D eigenvalue weighted by Gasteiger charge is -2.33. The van der Waals surface area contributed by atoms with Gasteiger partial charge in [-0.2, -0.15) is 0 Å². The van der Waals surface area contributed by atoms with Gasteiger partial charge in [0.2, 0.25) is 5.91 Å². The van der Waals surface area contributed by atoms with E-state index in [2.05, 4.69) is 4.90 Å². The Morgan fingerprint density at radius 3 is 2.48 bits per heavy atom. The molecule has 0 unspecified atom stereocenters. The van der Waals surface area contributed by atoms with Crippen LogP contribution in [0.1, 0.15) is 5.76 Å². The second-order valence-electron chi connectivity index (χ2n) is 6.06. The molecular formula is C17H20N4O4. The third-order valence-corrected chi connectivity index (χ3v) is 4.25. The monoisotopic (exact) mass is 344 g/mol. The molecule has 0 bridgehead atoms. The number of hydrogen-bond donors (Lipinski definition) is 1. The van der Waals surface area contributed by atoms with E-state index in [1.807, 2.05) is 11.0 Å². The van der Waals surface area contributed by atoms with Gasteiger partial charge in [-0.25, -0.2) is 0 Å². The molecule has 1 aliphatic rings. The van der Waals surface area contributed by atoms with Gasteiger partial charge in [-0.05, 0) is 18.2 Å². The Morgan fingerprint density at radius 2 is 1.80 bits per heavy atom. The highest BCUT2D eigenvalue weighted by Crippen LogP contribution is 2.31. The lowest BCUT2D eigenvalue weighted by atomic mass is 10.1. The summed E-state index contributed by atoms with van der Waals surface area (Å²) < 4.78 is 5.82. The van der Waals surface area contributed by atoms with Gasteiger partial charge in [-0.3, -0.25) is 24.7 Å². The van der Waals surface area contributed by atoms with Crippen LogP contribution >= 0.6 is 0 Å². The minimum atomic E-state index is -0.407. The maximum Gasteiger partial charge on any atom is 0.280 e. The lowest BCUT2D eigenvalue weighted by Crippen LogP contribution is -2.48. The molecule has 1 aromatic carbocycles. The van der Waals surface area contributed by atoms with Gasteiger partial charge in [-0.1, -0.05) is 12.1 Å². The number of nitrogens with two attached hydrogens (primary N) is 1. The van der Waals surface area contributed by atoms with Gasteiger partial charge in [0.15, 0.2) is 0 Å². The number of piperazine rings is 1. The SMILES string of the molecule is NC(=O)CN1CCN(Cc2ccc(-c3ccccc3[N+](=O)[O-])o2)CC1. The highest BCUT2D eigenvalue weighted by atomic mass is 16.6. The van der Waals surface area contributed by atoms with Gasteiger partial charge in [0, 0.05) is 32.2 Å². The van der Waals surface area contributed by atoms with E-state index in [0.29, 0.717) is 17.9 Å². The molecule has 0 radical (unpaired) electrons. The number of carbonyl (C=O) groups excluding carboxylic acids is 1. The molecule has 8 heteroatoms. The number of furan rings is 1. The predicted octanol–water partition coefficient (Wildman–Crippen LogP) is 1.46. The molecule has 1 aliphatic heterocycles. The number of nitrogens with zero attached hydrogens (tertiary/aromatic N) is 3. The first-order chi connectivity index (χ1) is 12.0. The largest absolute Gasteiger partial charge is 0.459 e. The number of rotatable bonds is 6. The highest BCUT2D eigenvalue weighted by molar-refractivity contribution is 5.75. The van der Waals surface area contributed by atoms with E-state index in [1.165, 1.54) is 6.07 Å². The minimum Gasteiger partial charge on any atom is -0.459 e. The van der Waals surface area contributed by atoms with Crippen LogP contribution in [-0.2, 0) is 11.3 Å². The number of hydrogen-bond acceptors (Lipinski definition) is 6. The van der Waals surface area contributed by atoms with Crippen molar-refractivity contribution in [3.05, 3.63) is 52.3 Å². The molecule has 0 atom stereocenters. The van der Waals surface area contributed by atoms with Crippen molar-refractivity contribution in [1.29, 1.82) is 0 Å². The second kappa shape index (κ2) is 7.45. The Morgan fingerprint density at radius 1 is 1.12 bits per heavy atom. The number of para-hydroxylation sites is 1. The van der Waals surface area contributed by atoms with E-state index in [-0.39, 0.29) is 18.1 Å². The number of nitro benzene ring substituents is 1. The average molecular weight is 344 g/mol. The molecule has 1 amide bonds. The zero-order valence-electron chi connectivity index (χ0n) is 13.8. The van der Waals surface area contributed by atoms with Crippen LogP contribution in [0.4, 0.5) is 5.69 Å². The molecule has 2 heterocycles. The molecule has 2 aromatic rings. The number of carbonyl (C=O) groups is 1. The minimum absolute atomic E-state index is 0.0310. The first-order valence-corrected chi connectivity index (χ1v) is 8.08. The summed E-state index contributed by atoms with van der Waals surface area (Å²) in [6.07, 6.45) is 0. The molecule has 3 rings (SSSR count). The first kappa shape index (κ1) is 17.1. The van der Waals surface area contributed by atoms with Crippen molar-refractivity contribution in [2.45, 2.75) is 6.54 Å². The normalized spacial score (nSPS) is 16.0. The fourth-order valence-corrected chi connectivity index (χ4v) is 3.00. The van der Waals surface area contributed by atoms with Crippen LogP contribution < -0.4 is 5.73 Å². The van der Waals surface area contributed by atoms with E-state index in [9.17, 15) is 14.9 Å². The fraction of sp³-hybridized carbons (Fsp3) is 0.353. The van der Waals surface area contributed by atoms with Crippen molar-refractivity contribution >= 4 is 11.6 Å². The smallest absolute Gasteiger partial charge is 0.280 e. The van der Waals surface area contributed by atoms with Crippen LogP contribution in [0.3, 0.4) is 0 Å². The van der Waals surface area contributed by atoms with E-state index in [4.69, 9.17) is 10.2 Å². The molecule has 8 nitrogen and oxygen atoms in total. The van der Waals surface area contributed by atoms with E-state index in [1.54, 1.807) is 24.3 Å². The summed E-state index contributed by atoms with van der Waals surface area (Å²) in [7, 11) is 0. The summed E-state index contributed by atoms with van der Waals surface area (Å²) in [6, 6.07) is 10.2. The van der Waals surface area contributed by atoms with Crippen LogP contribution in [0, 0.1) is 10.1 Å². The average Bonchev–Trinajstić information content (AvgIpc) is 3.04. The van der Waals surface area contributed by atoms with Crippen molar-refractivity contribution in [2.24, 2.45) is 5.73 Å². The maximum absolute atomic E-state index is 11.1. The van der Waals surface area contributed by atoms with Crippen LogP contribution in [0.5, 0.6) is 0 Å². The molecule has 0 aliphatic carbocycles. The van der Waals surface area contributed by atoms with Crippen LogP contribution in [0.2, 0.25) is 0 Å². The summed E-state index contributed by atoms with van der Waals surface area (Å²) in [5.41, 5.74) is 5.72. The van der Waals surface area contributed by atoms with Gasteiger partial charge in [0.25, 0.3) is 5.69 Å². The predicted molar refractivity (Wildman–Crippen MR) is 91.7 cm³/mol. The topological polar surface area (TPSA) is 106 Å². The molecular weight excluding hydrogens is 324 g/mol. The fourth-order valence-electron chi connectivity index (χ4n) is 3.00. The number of amides is 1. The zero-order chi connectivity index (χ0) is 17.8. The van der Waals surface area contributed by atoms with Gasteiger partial charge in [-0.15, -0.1) is 0 Å². The van der Waals surface area contributed by atoms with E-state index < -0.39 is 4.92 Å². The summed E-state index contributed by atoms with van der Waals surface area (Å²) in [6.45, 7) is 4.10. The summed E-state index contributed by atoms with van der Waals surface area (Å²) in [5.74, 6) is 0.944. The Labute approximate surface area is 145 Å². The van der Waals surface area contributed by atoms with Crippen LogP contribution in [0.15, 0.2) is 40.8 Å². The van der Waals surface area contributed by atoms with E-state index in [0.717, 1.165) is 31.9 Å². The highest BCUT2D eigenvalue weighted by Gasteiger charge is 2.21. The number of nitro groups is 1. The standard InChI is InChI=1S/C17H20N4O4/c18-17(22)12-20-9-7-19(8-10-20)11-13-5-6-16(25-13)14-3-1-2-4-15(14)21(23)24/h1-6H,7-12H2,(H2,18,22). The van der Waals surface area contributed by atoms with Gasteiger partial charge in [0.1, 0.15) is 11.5 Å². The van der Waals surface area contributed by atoms with Crippen molar-refractivity contribution in [2.75, 3.05) is 32.7 Å². The van der Waals surface area contributed by atoms with E-state index >= 15 is 0 Å². The van der Waals surface area contributed by atoms with Gasteiger partial charge in [0.05, 0.1) is 23.6 Å². The summed E-state index contributed by atoms with van der Waals surface area (Å²) >= 11 is 0. The Balaban J connectivity index is 1.64. The second-order valence-corrected chi connectivity index (χ2v) is 6.06. The van der Waals surface area contributed by atoms with Gasteiger partial charge < -0.3 is 10.2 Å². The maximum atomic E-state index is 11.1. The molecule has 0 spiro atoms. The quantitative estimate of drug-likeness (QED) is 0.628. The summed E-state index contributed by atoms with van der Waals surface area (Å²) in [4.78, 5) is 25.9. The third kappa shape index (κ3) is 4.23. The lowest BCUT2D eigenvalue weighted by molar-refractivity contribution is -0.384. The first-order valence-electron chi connectivity index (χ1n) is 8.08. The van der Waals surface area contributed by atoms with Crippen molar-refractivity contribution in [3.8, 4) is 11.3 Å². The van der Waals surface area contributed by atoms with Crippen molar-refractivity contribution < 1.29 is 14.1 Å². The Kier molecular flexibility index (Phi) is 5.11. The molecule has 25 heavy (non-hydrogen) atoms. The number of benzene rings is 1. The van der Waals surface area contributed by atoms with Crippen molar-refractivity contribution in [1.82, 2.24) is 9.80 Å². The summed E-state index contributed by atoms with van der Waals surface area (Å²) in [5, 5.41) is 11.1. The van der Waals surface area contributed by atoms with Crippen LogP contribution in [-0.4, -0.2) is 53.4 Å². The third-order valence-electron chi connectivity index (χ3n) is 4.25. The van der Waals surface area contributed by atoms with Gasteiger partial charge >= 0.3 is 0 Å². The molecule has 2 N–H and O–H groups in total. The number of primary amides is 1. The zero-order valence-corrected chi connectivity index (χ0v) is 13.8. The molecule has 132 valence electrons. The van der Waals surface area contributed by atoms with Crippen LogP contribution in [0.25, 0.3) is 11.3 Å². The Bertz CT molecular complexity index is 766. The molecule has 0 saturated carbocycles. The molecule has 1 fully saturated rings. The molecule has 1 saturated heterocycles. The Hall–Kier alpha value is -2.71.